The van der Waals surface area contributed by atoms with Crippen molar-refractivity contribution in [2.24, 2.45) is 0 Å². The molecule has 0 aliphatic carbocycles. The van der Waals surface area contributed by atoms with Gasteiger partial charge in [-0.25, -0.2) is 4.68 Å². The van der Waals surface area contributed by atoms with Crippen LogP contribution in [0.4, 0.5) is 5.69 Å². The number of amides is 3. The van der Waals surface area contributed by atoms with E-state index in [9.17, 15) is 19.5 Å². The van der Waals surface area contributed by atoms with E-state index in [4.69, 9.17) is 16.7 Å². The topological polar surface area (TPSA) is 124 Å². The van der Waals surface area contributed by atoms with Crippen LogP contribution in [-0.2, 0) is 24.2 Å². The van der Waals surface area contributed by atoms with Crippen molar-refractivity contribution < 1.29 is 19.5 Å². The van der Waals surface area contributed by atoms with Gasteiger partial charge in [-0.3, -0.25) is 14.4 Å². The van der Waals surface area contributed by atoms with E-state index in [2.05, 4.69) is 24.1 Å². The normalized spacial score (nSPS) is 14.0. The second-order valence-corrected chi connectivity index (χ2v) is 14.0. The number of carbonyl (C=O) groups is 3. The van der Waals surface area contributed by atoms with Gasteiger partial charge in [0.25, 0.3) is 11.8 Å². The van der Waals surface area contributed by atoms with Crippen molar-refractivity contribution in [1.29, 1.82) is 0 Å². The Morgan fingerprint density at radius 1 is 1.00 bits per heavy atom. The standard InChI is InChI=1S/C41H47ClN6O4/c1-4-6-19-46(20-7-5-2)41(52)36-21-27(3)48(45-36)37-17-16-31(44-38(50)18-15-29-24-43-39-33(29)13-10-14-35(39)42)23-34(37)40(51)47-25-30-12-9-8-11-28(30)22-32(47)26-49/h8-14,16-17,21,23-24,32,43,49H,4-7,15,18-20,22,25-26H2,1-3H3,(H,44,50)/t32-/m0/s1. The number of aliphatic hydroxyl groups is 1. The molecule has 0 bridgehead atoms. The molecule has 2 aromatic heterocycles. The Bertz CT molecular complexity index is 2060. The van der Waals surface area contributed by atoms with Gasteiger partial charge in [-0.2, -0.15) is 5.10 Å². The van der Waals surface area contributed by atoms with Crippen molar-refractivity contribution in [2.75, 3.05) is 25.0 Å². The van der Waals surface area contributed by atoms with Crippen LogP contribution in [0.2, 0.25) is 5.02 Å². The second-order valence-electron chi connectivity index (χ2n) is 13.6. The summed E-state index contributed by atoms with van der Waals surface area (Å²) in [5.41, 5.74) is 6.22. The lowest BCUT2D eigenvalue weighted by atomic mass is 9.93. The van der Waals surface area contributed by atoms with Crippen LogP contribution in [0.1, 0.15) is 89.2 Å². The lowest BCUT2D eigenvalue weighted by molar-refractivity contribution is -0.116. The molecule has 0 spiro atoms. The molecule has 0 fully saturated rings. The number of unbranched alkanes of at least 4 members (excludes halogenated alkanes) is 2. The van der Waals surface area contributed by atoms with Crippen LogP contribution in [-0.4, -0.2) is 73.1 Å². The zero-order valence-electron chi connectivity index (χ0n) is 30.1. The quantitative estimate of drug-likeness (QED) is 0.110. The third kappa shape index (κ3) is 7.93. The molecule has 10 nitrogen and oxygen atoms in total. The average Bonchev–Trinajstić information content (AvgIpc) is 3.76. The molecule has 3 heterocycles. The molecule has 3 N–H and O–H groups in total. The minimum Gasteiger partial charge on any atom is -0.394 e. The first kappa shape index (κ1) is 36.8. The smallest absolute Gasteiger partial charge is 0.274 e. The van der Waals surface area contributed by atoms with E-state index in [-0.39, 0.29) is 30.7 Å². The Kier molecular flexibility index (Phi) is 11.8. The van der Waals surface area contributed by atoms with E-state index in [1.165, 1.54) is 0 Å². The molecule has 0 radical (unpaired) electrons. The molecule has 0 saturated heterocycles. The fourth-order valence-electron chi connectivity index (χ4n) is 6.96. The number of halogens is 1. The first-order valence-electron chi connectivity index (χ1n) is 18.3. The Morgan fingerprint density at radius 3 is 2.48 bits per heavy atom. The van der Waals surface area contributed by atoms with Crippen molar-refractivity contribution >= 4 is 45.9 Å². The van der Waals surface area contributed by atoms with Crippen LogP contribution in [0, 0.1) is 6.92 Å². The maximum absolute atomic E-state index is 14.6. The van der Waals surface area contributed by atoms with E-state index in [0.717, 1.165) is 53.3 Å². The highest BCUT2D eigenvalue weighted by atomic mass is 35.5. The molecule has 272 valence electrons. The molecule has 0 unspecified atom stereocenters. The Labute approximate surface area is 309 Å². The molecule has 6 rings (SSSR count). The summed E-state index contributed by atoms with van der Waals surface area (Å²) in [4.78, 5) is 48.4. The molecule has 52 heavy (non-hydrogen) atoms. The van der Waals surface area contributed by atoms with Crippen LogP contribution in [0.5, 0.6) is 0 Å². The van der Waals surface area contributed by atoms with Crippen molar-refractivity contribution in [2.45, 2.75) is 78.3 Å². The number of carbonyl (C=O) groups excluding carboxylic acids is 3. The third-order valence-corrected chi connectivity index (χ3v) is 10.2. The van der Waals surface area contributed by atoms with E-state index in [0.29, 0.717) is 65.8 Å². The Balaban J connectivity index is 1.31. The van der Waals surface area contributed by atoms with Gasteiger partial charge in [-0.05, 0) is 79.6 Å². The number of anilines is 1. The Hall–Kier alpha value is -4.93. The van der Waals surface area contributed by atoms with Gasteiger partial charge < -0.3 is 25.2 Å². The van der Waals surface area contributed by atoms with Crippen molar-refractivity contribution in [3.63, 3.8) is 0 Å². The number of para-hydroxylation sites is 1. The number of fused-ring (bicyclic) bond motifs is 2. The van der Waals surface area contributed by atoms with Crippen molar-refractivity contribution in [3.05, 3.63) is 112 Å². The highest BCUT2D eigenvalue weighted by Crippen LogP contribution is 2.30. The molecular weight excluding hydrogens is 676 g/mol. The number of benzene rings is 3. The molecule has 5 aromatic rings. The van der Waals surface area contributed by atoms with Crippen LogP contribution >= 0.6 is 11.6 Å². The number of aliphatic hydroxyl groups excluding tert-OH is 1. The summed E-state index contributed by atoms with van der Waals surface area (Å²) in [5, 5.41) is 19.8. The number of nitrogens with zero attached hydrogens (tertiary/aromatic N) is 4. The highest BCUT2D eigenvalue weighted by molar-refractivity contribution is 6.35. The van der Waals surface area contributed by atoms with Crippen LogP contribution in [0.3, 0.4) is 0 Å². The number of hydrogen-bond donors (Lipinski definition) is 3. The fourth-order valence-corrected chi connectivity index (χ4v) is 7.19. The summed E-state index contributed by atoms with van der Waals surface area (Å²) in [6, 6.07) is 20.2. The highest BCUT2D eigenvalue weighted by Gasteiger charge is 2.32. The minimum absolute atomic E-state index is 0.133. The summed E-state index contributed by atoms with van der Waals surface area (Å²) in [7, 11) is 0. The lowest BCUT2D eigenvalue weighted by Crippen LogP contribution is -2.46. The number of aryl methyl sites for hydroxylation is 2. The van der Waals surface area contributed by atoms with Gasteiger partial charge in [-0.15, -0.1) is 0 Å². The number of H-pyrrole nitrogens is 1. The summed E-state index contributed by atoms with van der Waals surface area (Å²) in [6.45, 7) is 7.52. The van der Waals surface area contributed by atoms with Gasteiger partial charge >= 0.3 is 0 Å². The zero-order valence-corrected chi connectivity index (χ0v) is 30.9. The first-order valence-corrected chi connectivity index (χ1v) is 18.6. The summed E-state index contributed by atoms with van der Waals surface area (Å²) in [6.07, 6.45) is 6.88. The SMILES string of the molecule is CCCCN(CCCC)C(=O)c1cc(C)n(-c2ccc(NC(=O)CCc3c[nH]c4c(Cl)cccc34)cc2C(=O)N2Cc3ccccc3C[C@H]2CO)n1. The van der Waals surface area contributed by atoms with Crippen molar-refractivity contribution in [3.8, 4) is 5.69 Å². The molecule has 3 amide bonds. The number of aromatic amines is 1. The maximum atomic E-state index is 14.6. The molecule has 1 aliphatic heterocycles. The van der Waals surface area contributed by atoms with Gasteiger partial charge in [0.15, 0.2) is 5.69 Å². The van der Waals surface area contributed by atoms with E-state index >= 15 is 0 Å². The van der Waals surface area contributed by atoms with Gasteiger partial charge in [-0.1, -0.05) is 74.7 Å². The number of aromatic nitrogens is 3. The number of nitrogens with one attached hydrogen (secondary N) is 2. The van der Waals surface area contributed by atoms with E-state index in [1.807, 2.05) is 60.5 Å². The van der Waals surface area contributed by atoms with Gasteiger partial charge in [0.05, 0.1) is 34.4 Å². The second kappa shape index (κ2) is 16.6. The van der Waals surface area contributed by atoms with E-state index in [1.54, 1.807) is 33.8 Å². The zero-order chi connectivity index (χ0) is 36.8. The number of rotatable bonds is 14. The monoisotopic (exact) mass is 722 g/mol. The summed E-state index contributed by atoms with van der Waals surface area (Å²) >= 11 is 6.33. The summed E-state index contributed by atoms with van der Waals surface area (Å²) < 4.78 is 1.64. The average molecular weight is 723 g/mol. The summed E-state index contributed by atoms with van der Waals surface area (Å²) in [5.74, 6) is -0.637. The first-order chi connectivity index (χ1) is 25.2. The fraction of sp³-hybridized carbons (Fsp3) is 0.366. The van der Waals surface area contributed by atoms with Gasteiger partial charge in [0, 0.05) is 49.0 Å². The predicted octanol–water partition coefficient (Wildman–Crippen LogP) is 7.49. The van der Waals surface area contributed by atoms with E-state index < -0.39 is 6.04 Å². The van der Waals surface area contributed by atoms with Crippen LogP contribution in [0.25, 0.3) is 16.6 Å². The largest absolute Gasteiger partial charge is 0.394 e. The minimum atomic E-state index is -0.431. The lowest BCUT2D eigenvalue weighted by Gasteiger charge is -2.36. The van der Waals surface area contributed by atoms with Gasteiger partial charge in [0.2, 0.25) is 5.91 Å². The molecule has 1 atom stereocenters. The van der Waals surface area contributed by atoms with Crippen LogP contribution < -0.4 is 5.32 Å². The van der Waals surface area contributed by atoms with Crippen LogP contribution in [0.15, 0.2) is 72.9 Å². The molecule has 0 saturated carbocycles. The maximum Gasteiger partial charge on any atom is 0.274 e. The molecular formula is C41H47ClN6O4. The van der Waals surface area contributed by atoms with Gasteiger partial charge in [0.1, 0.15) is 0 Å². The molecule has 1 aliphatic rings. The molecule has 11 heteroatoms. The third-order valence-electron chi connectivity index (χ3n) is 9.89. The number of hydrogen-bond acceptors (Lipinski definition) is 5. The Morgan fingerprint density at radius 2 is 1.75 bits per heavy atom. The van der Waals surface area contributed by atoms with Crippen molar-refractivity contribution in [1.82, 2.24) is 24.6 Å². The predicted molar refractivity (Wildman–Crippen MR) is 205 cm³/mol. The molecule has 3 aromatic carbocycles.